The quantitative estimate of drug-likeness (QED) is 0.481. The zero-order valence-corrected chi connectivity index (χ0v) is 8.66. The fraction of sp³-hybridized carbons (Fsp3) is 0.375. The molecule has 0 saturated carbocycles. The maximum absolute atomic E-state index is 12.5. The molecule has 10 heteroatoms. The third-order valence-corrected chi connectivity index (χ3v) is 1.89. The second-order valence-electron chi connectivity index (χ2n) is 3.10. The molecule has 0 fully saturated rings. The number of alkyl halides is 5. The first kappa shape index (κ1) is 14.1. The van der Waals surface area contributed by atoms with Crippen molar-refractivity contribution < 1.29 is 31.6 Å². The summed E-state index contributed by atoms with van der Waals surface area (Å²) in [6, 6.07) is 0. The molecule has 0 saturated heterocycles. The average molecular weight is 272 g/mol. The average Bonchev–Trinajstić information content (AvgIpc) is 2.17. The summed E-state index contributed by atoms with van der Waals surface area (Å²) < 4.78 is 64.4. The van der Waals surface area contributed by atoms with Gasteiger partial charge >= 0.3 is 12.2 Å². The molecule has 1 aromatic heterocycles. The molecule has 0 aromatic carbocycles. The van der Waals surface area contributed by atoms with Crippen LogP contribution in [0.2, 0.25) is 0 Å². The molecule has 0 aliphatic rings. The van der Waals surface area contributed by atoms with E-state index >= 15 is 0 Å². The molecule has 1 heterocycles. The van der Waals surface area contributed by atoms with E-state index < -0.39 is 40.4 Å². The van der Waals surface area contributed by atoms with Crippen molar-refractivity contribution in [3.05, 3.63) is 27.4 Å². The van der Waals surface area contributed by atoms with Gasteiger partial charge in [-0.05, 0) is 16.8 Å². The lowest BCUT2D eigenvalue weighted by Crippen LogP contribution is -2.19. The number of rotatable bonds is 3. The molecule has 100 valence electrons. The highest BCUT2D eigenvalue weighted by atomic mass is 19.4. The minimum Gasteiger partial charge on any atom is -0.405 e. The first-order chi connectivity index (χ1) is 8.13. The van der Waals surface area contributed by atoms with Gasteiger partial charge in [0.2, 0.25) is 0 Å². The van der Waals surface area contributed by atoms with Gasteiger partial charge in [-0.1, -0.05) is 0 Å². The maximum atomic E-state index is 12.5. The Morgan fingerprint density at radius 2 is 2.00 bits per heavy atom. The van der Waals surface area contributed by atoms with E-state index in [9.17, 15) is 32.1 Å². The van der Waals surface area contributed by atoms with Crippen LogP contribution in [0.15, 0.2) is 6.20 Å². The largest absolute Gasteiger partial charge is 0.573 e. The highest BCUT2D eigenvalue weighted by Crippen LogP contribution is 2.38. The van der Waals surface area contributed by atoms with Gasteiger partial charge < -0.3 is 14.9 Å². The lowest BCUT2D eigenvalue weighted by Gasteiger charge is -2.13. The Hall–Kier alpha value is -2.00. The molecule has 0 bridgehead atoms. The van der Waals surface area contributed by atoms with E-state index in [0.29, 0.717) is 0 Å². The summed E-state index contributed by atoms with van der Waals surface area (Å²) in [6.07, 6.45) is -8.24. The standard InChI is InChI=1S/C8H5F5N2O3/c1-3-5(18-8(11,12)13)4(6(9)10)2-14-7(3)15(16)17/h2,6H,1H3. The first-order valence-electron chi connectivity index (χ1n) is 4.31. The second-order valence-corrected chi connectivity index (χ2v) is 3.10. The van der Waals surface area contributed by atoms with Crippen molar-refractivity contribution in [1.29, 1.82) is 0 Å². The third-order valence-electron chi connectivity index (χ3n) is 1.89. The monoisotopic (exact) mass is 272 g/mol. The minimum absolute atomic E-state index is 0.289. The number of nitrogens with zero attached hydrogens (tertiary/aromatic N) is 2. The molecule has 0 unspecified atom stereocenters. The molecular weight excluding hydrogens is 267 g/mol. The minimum atomic E-state index is -5.23. The molecule has 0 atom stereocenters. The van der Waals surface area contributed by atoms with Crippen LogP contribution in [0.5, 0.6) is 5.75 Å². The maximum Gasteiger partial charge on any atom is 0.573 e. The summed E-state index contributed by atoms with van der Waals surface area (Å²) in [4.78, 5) is 12.4. The van der Waals surface area contributed by atoms with E-state index in [2.05, 4.69) is 9.72 Å². The molecule has 0 aliphatic heterocycles. The van der Waals surface area contributed by atoms with Crippen molar-refractivity contribution >= 4 is 5.82 Å². The number of hydrogen-bond donors (Lipinski definition) is 0. The number of nitro groups is 1. The number of hydrogen-bond acceptors (Lipinski definition) is 4. The van der Waals surface area contributed by atoms with Gasteiger partial charge in [0.1, 0.15) is 5.56 Å². The number of pyridine rings is 1. The van der Waals surface area contributed by atoms with Crippen molar-refractivity contribution in [2.24, 2.45) is 0 Å². The van der Waals surface area contributed by atoms with Crippen LogP contribution in [0.1, 0.15) is 17.6 Å². The Morgan fingerprint density at radius 1 is 1.44 bits per heavy atom. The predicted molar refractivity (Wildman–Crippen MR) is 47.3 cm³/mol. The van der Waals surface area contributed by atoms with Crippen molar-refractivity contribution in [2.75, 3.05) is 0 Å². The molecule has 1 aromatic rings. The van der Waals surface area contributed by atoms with Crippen LogP contribution in [0, 0.1) is 17.0 Å². The summed E-state index contributed by atoms with van der Waals surface area (Å²) >= 11 is 0. The van der Waals surface area contributed by atoms with E-state index in [-0.39, 0.29) is 6.20 Å². The van der Waals surface area contributed by atoms with E-state index in [1.165, 1.54) is 0 Å². The molecule has 0 aliphatic carbocycles. The van der Waals surface area contributed by atoms with Gasteiger partial charge in [-0.2, -0.15) is 0 Å². The van der Waals surface area contributed by atoms with Gasteiger partial charge in [0, 0.05) is 0 Å². The molecule has 0 spiro atoms. The normalized spacial score (nSPS) is 11.7. The Morgan fingerprint density at radius 3 is 2.39 bits per heavy atom. The smallest absolute Gasteiger partial charge is 0.405 e. The van der Waals surface area contributed by atoms with Crippen molar-refractivity contribution in [3.8, 4) is 5.75 Å². The highest BCUT2D eigenvalue weighted by Gasteiger charge is 2.36. The number of halogens is 5. The SMILES string of the molecule is Cc1c([N+](=O)[O-])ncc(C(F)F)c1OC(F)(F)F. The van der Waals surface area contributed by atoms with E-state index in [0.717, 1.165) is 6.92 Å². The fourth-order valence-electron chi connectivity index (χ4n) is 1.19. The van der Waals surface area contributed by atoms with Gasteiger partial charge in [0.25, 0.3) is 6.43 Å². The Labute approximate surface area is 96.3 Å². The Balaban J connectivity index is 3.41. The summed E-state index contributed by atoms with van der Waals surface area (Å²) in [5.74, 6) is -2.27. The van der Waals surface area contributed by atoms with Crippen LogP contribution >= 0.6 is 0 Å². The van der Waals surface area contributed by atoms with Crippen LogP contribution in [0.25, 0.3) is 0 Å². The molecule has 1 rings (SSSR count). The molecular formula is C8H5F5N2O3. The molecule has 18 heavy (non-hydrogen) atoms. The zero-order valence-electron chi connectivity index (χ0n) is 8.66. The van der Waals surface area contributed by atoms with Crippen LogP contribution in [-0.2, 0) is 0 Å². The summed E-state index contributed by atoms with van der Waals surface area (Å²) in [6.45, 7) is 0.845. The molecule has 0 radical (unpaired) electrons. The van der Waals surface area contributed by atoms with Crippen molar-refractivity contribution in [1.82, 2.24) is 4.98 Å². The van der Waals surface area contributed by atoms with Gasteiger partial charge in [0.15, 0.2) is 11.9 Å². The third kappa shape index (κ3) is 3.02. The first-order valence-corrected chi connectivity index (χ1v) is 4.31. The lowest BCUT2D eigenvalue weighted by molar-refractivity contribution is -0.390. The van der Waals surface area contributed by atoms with E-state index in [1.54, 1.807) is 0 Å². The molecule has 0 N–H and O–H groups in total. The van der Waals surface area contributed by atoms with Gasteiger partial charge in [0.05, 0.1) is 5.56 Å². The van der Waals surface area contributed by atoms with E-state index in [1.807, 2.05) is 0 Å². The van der Waals surface area contributed by atoms with E-state index in [4.69, 9.17) is 0 Å². The topological polar surface area (TPSA) is 65.3 Å². The van der Waals surface area contributed by atoms with Crippen LogP contribution in [-0.4, -0.2) is 16.3 Å². The molecule has 0 amide bonds. The lowest BCUT2D eigenvalue weighted by atomic mass is 10.2. The second kappa shape index (κ2) is 4.70. The molecule has 5 nitrogen and oxygen atoms in total. The van der Waals surface area contributed by atoms with Crippen LogP contribution in [0.4, 0.5) is 27.8 Å². The predicted octanol–water partition coefficient (Wildman–Crippen LogP) is 3.13. The van der Waals surface area contributed by atoms with Gasteiger partial charge in [-0.15, -0.1) is 13.2 Å². The Kier molecular flexibility index (Phi) is 3.67. The number of aromatic nitrogens is 1. The summed E-state index contributed by atoms with van der Waals surface area (Å²) in [5.41, 5.74) is -1.87. The Bertz CT molecular complexity index is 475. The van der Waals surface area contributed by atoms with Crippen molar-refractivity contribution in [3.63, 3.8) is 0 Å². The van der Waals surface area contributed by atoms with Gasteiger partial charge in [-0.25, -0.2) is 8.78 Å². The van der Waals surface area contributed by atoms with Crippen molar-refractivity contribution in [2.45, 2.75) is 19.7 Å². The van der Waals surface area contributed by atoms with Crippen LogP contribution in [0.3, 0.4) is 0 Å². The summed E-state index contributed by atoms with van der Waals surface area (Å²) in [5, 5.41) is 10.4. The fourth-order valence-corrected chi connectivity index (χ4v) is 1.19. The highest BCUT2D eigenvalue weighted by molar-refractivity contribution is 5.48. The summed E-state index contributed by atoms with van der Waals surface area (Å²) in [7, 11) is 0. The number of ether oxygens (including phenoxy) is 1. The van der Waals surface area contributed by atoms with Crippen LogP contribution < -0.4 is 4.74 Å². The zero-order chi connectivity index (χ0) is 14.1. The van der Waals surface area contributed by atoms with Gasteiger partial charge in [-0.3, -0.25) is 0 Å².